The number of hydrogen-bond acceptors (Lipinski definition) is 5. The van der Waals surface area contributed by atoms with Crippen LogP contribution in [0.3, 0.4) is 0 Å². The van der Waals surface area contributed by atoms with Crippen molar-refractivity contribution in [3.63, 3.8) is 0 Å². The zero-order valence-corrected chi connectivity index (χ0v) is 19.6. The summed E-state index contributed by atoms with van der Waals surface area (Å²) in [4.78, 5) is 26.8. The van der Waals surface area contributed by atoms with Crippen LogP contribution in [0.4, 0.5) is 0 Å². The van der Waals surface area contributed by atoms with Gasteiger partial charge in [0.2, 0.25) is 11.8 Å². The number of ether oxygens (including phenoxy) is 1. The van der Waals surface area contributed by atoms with Gasteiger partial charge in [0.15, 0.2) is 0 Å². The lowest BCUT2D eigenvalue weighted by Crippen LogP contribution is -2.47. The minimum absolute atomic E-state index is 0.0139. The summed E-state index contributed by atoms with van der Waals surface area (Å²) < 4.78 is 5.47. The van der Waals surface area contributed by atoms with E-state index >= 15 is 0 Å². The molecule has 3 N–H and O–H groups in total. The molecule has 7 heteroatoms. The van der Waals surface area contributed by atoms with Gasteiger partial charge in [-0.25, -0.2) is 5.48 Å². The van der Waals surface area contributed by atoms with E-state index in [1.54, 1.807) is 11.6 Å². The summed E-state index contributed by atoms with van der Waals surface area (Å²) in [6.07, 6.45) is 9.19. The molecule has 7 nitrogen and oxygen atoms in total. The first-order chi connectivity index (χ1) is 16.0. The smallest absolute Gasteiger partial charge is 0.244 e. The van der Waals surface area contributed by atoms with E-state index in [0.29, 0.717) is 26.1 Å². The van der Waals surface area contributed by atoms with Crippen LogP contribution in [0.15, 0.2) is 61.3 Å². The third-order valence-electron chi connectivity index (χ3n) is 5.79. The lowest BCUT2D eigenvalue weighted by atomic mass is 9.93. The summed E-state index contributed by atoms with van der Waals surface area (Å²) in [5, 5.41) is 12.3. The number of carbonyl (C=O) groups excluding carboxylic acids is 2. The van der Waals surface area contributed by atoms with E-state index in [9.17, 15) is 9.59 Å². The number of nitrogens with zero attached hydrogens (tertiary/aromatic N) is 1. The number of hydrogen-bond donors (Lipinski definition) is 3. The van der Waals surface area contributed by atoms with Crippen LogP contribution in [-0.2, 0) is 16.0 Å². The van der Waals surface area contributed by atoms with E-state index < -0.39 is 11.8 Å². The molecule has 1 saturated heterocycles. The van der Waals surface area contributed by atoms with E-state index in [4.69, 9.17) is 9.94 Å². The Kier molecular flexibility index (Phi) is 11.2. The molecule has 0 saturated carbocycles. The highest BCUT2D eigenvalue weighted by atomic mass is 16.5. The number of hydroxylamine groups is 1. The fourth-order valence-corrected chi connectivity index (χ4v) is 4.05. The van der Waals surface area contributed by atoms with Gasteiger partial charge in [-0.05, 0) is 62.8 Å². The number of nitrogens with one attached hydrogen (secondary N) is 2. The average Bonchev–Trinajstić information content (AvgIpc) is 2.83. The van der Waals surface area contributed by atoms with Gasteiger partial charge >= 0.3 is 0 Å². The van der Waals surface area contributed by atoms with E-state index in [0.717, 1.165) is 42.7 Å². The SMILES string of the molecule is C=C/C=C\C(=C)NC1CCN(C(=O)[C@H](CCCc2ccc(OCC)cc2)CC(=O)NO)CC1. The zero-order valence-electron chi connectivity index (χ0n) is 19.6. The first kappa shape index (κ1) is 26.2. The molecular formula is C26H37N3O4. The van der Waals surface area contributed by atoms with Crippen LogP contribution in [0.25, 0.3) is 0 Å². The van der Waals surface area contributed by atoms with Crippen LogP contribution in [-0.4, -0.2) is 47.7 Å². The van der Waals surface area contributed by atoms with Crippen molar-refractivity contribution in [3.05, 3.63) is 66.9 Å². The Morgan fingerprint density at radius 1 is 1.27 bits per heavy atom. The molecule has 0 bridgehead atoms. The normalized spacial score (nSPS) is 15.2. The van der Waals surface area contributed by atoms with Crippen molar-refractivity contribution in [1.82, 2.24) is 15.7 Å². The number of carbonyl (C=O) groups is 2. The number of allylic oxidation sites excluding steroid dienone is 3. The maximum atomic E-state index is 13.2. The van der Waals surface area contributed by atoms with E-state index in [1.165, 1.54) is 0 Å². The zero-order chi connectivity index (χ0) is 24.1. The molecule has 0 aliphatic carbocycles. The predicted octanol–water partition coefficient (Wildman–Crippen LogP) is 3.76. The fourth-order valence-electron chi connectivity index (χ4n) is 4.05. The van der Waals surface area contributed by atoms with Gasteiger partial charge in [0, 0.05) is 37.2 Å². The highest BCUT2D eigenvalue weighted by Crippen LogP contribution is 2.21. The Balaban J connectivity index is 1.87. The molecular weight excluding hydrogens is 418 g/mol. The molecule has 2 amide bonds. The molecule has 2 rings (SSSR count). The molecule has 1 fully saturated rings. The Labute approximate surface area is 197 Å². The van der Waals surface area contributed by atoms with Crippen LogP contribution in [0.1, 0.15) is 44.6 Å². The van der Waals surface area contributed by atoms with Crippen LogP contribution < -0.4 is 15.5 Å². The van der Waals surface area contributed by atoms with Gasteiger partial charge in [-0.3, -0.25) is 14.8 Å². The second-order valence-electron chi connectivity index (χ2n) is 8.27. The minimum Gasteiger partial charge on any atom is -0.494 e. The molecule has 1 heterocycles. The summed E-state index contributed by atoms with van der Waals surface area (Å²) >= 11 is 0. The van der Waals surface area contributed by atoms with E-state index in [-0.39, 0.29) is 18.4 Å². The van der Waals surface area contributed by atoms with Gasteiger partial charge in [0.05, 0.1) is 6.61 Å². The lowest BCUT2D eigenvalue weighted by Gasteiger charge is -2.35. The second-order valence-corrected chi connectivity index (χ2v) is 8.27. The quantitative estimate of drug-likeness (QED) is 0.239. The highest BCUT2D eigenvalue weighted by Gasteiger charge is 2.29. The molecule has 1 aromatic rings. The first-order valence-electron chi connectivity index (χ1n) is 11.6. The molecule has 0 aromatic heterocycles. The Morgan fingerprint density at radius 3 is 2.58 bits per heavy atom. The third-order valence-corrected chi connectivity index (χ3v) is 5.79. The van der Waals surface area contributed by atoms with Crippen molar-refractivity contribution in [1.29, 1.82) is 0 Å². The Hall–Kier alpha value is -3.06. The van der Waals surface area contributed by atoms with Crippen LogP contribution >= 0.6 is 0 Å². The van der Waals surface area contributed by atoms with Gasteiger partial charge < -0.3 is 15.0 Å². The number of rotatable bonds is 13. The Morgan fingerprint density at radius 2 is 1.97 bits per heavy atom. The Bertz CT molecular complexity index is 811. The number of benzene rings is 1. The molecule has 1 aromatic carbocycles. The maximum Gasteiger partial charge on any atom is 0.244 e. The van der Waals surface area contributed by atoms with Crippen molar-refractivity contribution < 1.29 is 19.5 Å². The summed E-state index contributed by atoms with van der Waals surface area (Å²) in [6.45, 7) is 11.5. The van der Waals surface area contributed by atoms with Crippen molar-refractivity contribution in [3.8, 4) is 5.75 Å². The molecule has 180 valence electrons. The minimum atomic E-state index is -0.531. The molecule has 33 heavy (non-hydrogen) atoms. The monoisotopic (exact) mass is 455 g/mol. The standard InChI is InChI=1S/C26H37N3O4/c1-4-6-8-20(3)27-23-15-17-29(18-16-23)26(31)22(19-25(30)28-32)10-7-9-21-11-13-24(14-12-21)33-5-2/h4,6,8,11-14,22-23,27,32H,1,3,5,7,9-10,15-19H2,2H3,(H,28,30)/b8-6-/t22-/m1/s1. The maximum absolute atomic E-state index is 13.2. The summed E-state index contributed by atoms with van der Waals surface area (Å²) in [5.74, 6) is -0.160. The predicted molar refractivity (Wildman–Crippen MR) is 130 cm³/mol. The van der Waals surface area contributed by atoms with Crippen molar-refractivity contribution in [2.24, 2.45) is 5.92 Å². The van der Waals surface area contributed by atoms with Gasteiger partial charge in [-0.15, -0.1) is 0 Å². The topological polar surface area (TPSA) is 90.9 Å². The largest absolute Gasteiger partial charge is 0.494 e. The average molecular weight is 456 g/mol. The molecule has 1 aliphatic rings. The molecule has 1 aliphatic heterocycles. The van der Waals surface area contributed by atoms with Crippen molar-refractivity contribution >= 4 is 11.8 Å². The second kappa shape index (κ2) is 14.2. The van der Waals surface area contributed by atoms with E-state index in [1.807, 2.05) is 48.2 Å². The van der Waals surface area contributed by atoms with Gasteiger partial charge in [0.25, 0.3) is 0 Å². The third kappa shape index (κ3) is 9.14. The molecule has 0 radical (unpaired) electrons. The molecule has 0 unspecified atom stereocenters. The number of amides is 2. The summed E-state index contributed by atoms with van der Waals surface area (Å²) in [7, 11) is 0. The highest BCUT2D eigenvalue weighted by molar-refractivity contribution is 5.85. The van der Waals surface area contributed by atoms with Gasteiger partial charge in [-0.2, -0.15) is 0 Å². The van der Waals surface area contributed by atoms with Crippen molar-refractivity contribution in [2.75, 3.05) is 19.7 Å². The molecule has 0 spiro atoms. The van der Waals surface area contributed by atoms with E-state index in [2.05, 4.69) is 18.5 Å². The lowest BCUT2D eigenvalue weighted by molar-refractivity contribution is -0.141. The summed E-state index contributed by atoms with van der Waals surface area (Å²) in [6, 6.07) is 8.20. The van der Waals surface area contributed by atoms with Crippen LogP contribution in [0, 0.1) is 5.92 Å². The molecule has 1 atom stereocenters. The van der Waals surface area contributed by atoms with Crippen LogP contribution in [0.5, 0.6) is 5.75 Å². The van der Waals surface area contributed by atoms with Gasteiger partial charge in [0.1, 0.15) is 5.75 Å². The van der Waals surface area contributed by atoms with Crippen molar-refractivity contribution in [2.45, 2.75) is 51.5 Å². The number of likely N-dealkylation sites (tertiary alicyclic amines) is 1. The fraction of sp³-hybridized carbons (Fsp3) is 0.462. The van der Waals surface area contributed by atoms with Gasteiger partial charge in [-0.1, -0.05) is 37.4 Å². The summed E-state index contributed by atoms with van der Waals surface area (Å²) in [5.41, 5.74) is 3.65. The van der Waals surface area contributed by atoms with Crippen LogP contribution in [0.2, 0.25) is 0 Å². The number of piperidine rings is 1. The first-order valence-corrected chi connectivity index (χ1v) is 11.6. The number of aryl methyl sites for hydroxylation is 1.